The van der Waals surface area contributed by atoms with Crippen LogP contribution in [0.2, 0.25) is 0 Å². The van der Waals surface area contributed by atoms with Gasteiger partial charge in [0.2, 0.25) is 0 Å². The van der Waals surface area contributed by atoms with Crippen LogP contribution in [-0.2, 0) is 0 Å². The molecule has 0 saturated carbocycles. The highest BCUT2D eigenvalue weighted by atomic mass is 16.3. The number of rotatable bonds is 4. The summed E-state index contributed by atoms with van der Waals surface area (Å²) >= 11 is 0. The van der Waals surface area contributed by atoms with Gasteiger partial charge in [-0.3, -0.25) is 0 Å². The predicted molar refractivity (Wildman–Crippen MR) is 38.3 cm³/mol. The lowest BCUT2D eigenvalue weighted by atomic mass is 10.2. The van der Waals surface area contributed by atoms with E-state index in [1.54, 1.807) is 0 Å². The van der Waals surface area contributed by atoms with Gasteiger partial charge in [-0.2, -0.15) is 0 Å². The molecule has 1 unspecified atom stereocenters. The maximum Gasteiger partial charge on any atom is 0.0795 e. The SMILES string of the molecule is C=C=CC(O)CCN=[N+]=[N-]. The van der Waals surface area contributed by atoms with E-state index >= 15 is 0 Å². The highest BCUT2D eigenvalue weighted by Gasteiger charge is 1.94. The zero-order chi connectivity index (χ0) is 7.82. The van der Waals surface area contributed by atoms with Gasteiger partial charge in [0.25, 0.3) is 0 Å². The van der Waals surface area contributed by atoms with E-state index in [1.165, 1.54) is 6.08 Å². The average molecular weight is 139 g/mol. The van der Waals surface area contributed by atoms with Gasteiger partial charge in [0.05, 0.1) is 6.10 Å². The normalized spacial score (nSPS) is 10.9. The Labute approximate surface area is 59.1 Å². The Bertz CT molecular complexity index is 177. The summed E-state index contributed by atoms with van der Waals surface area (Å²) in [4.78, 5) is 2.53. The topological polar surface area (TPSA) is 69.0 Å². The van der Waals surface area contributed by atoms with Crippen molar-refractivity contribution in [1.82, 2.24) is 0 Å². The van der Waals surface area contributed by atoms with E-state index in [4.69, 9.17) is 10.6 Å². The summed E-state index contributed by atoms with van der Waals surface area (Å²) in [7, 11) is 0. The number of azide groups is 1. The quantitative estimate of drug-likeness (QED) is 0.272. The van der Waals surface area contributed by atoms with Crippen LogP contribution in [0.5, 0.6) is 0 Å². The van der Waals surface area contributed by atoms with Crippen molar-refractivity contribution in [2.45, 2.75) is 12.5 Å². The third kappa shape index (κ3) is 4.94. The van der Waals surface area contributed by atoms with Crippen LogP contribution in [0.15, 0.2) is 23.5 Å². The summed E-state index contributed by atoms with van der Waals surface area (Å²) in [5.41, 5.74) is 10.3. The van der Waals surface area contributed by atoms with Gasteiger partial charge in [0.1, 0.15) is 0 Å². The van der Waals surface area contributed by atoms with Crippen LogP contribution in [0.25, 0.3) is 10.4 Å². The Morgan fingerprint density at radius 1 is 1.90 bits per heavy atom. The van der Waals surface area contributed by atoms with Crippen molar-refractivity contribution in [2.75, 3.05) is 6.54 Å². The summed E-state index contributed by atoms with van der Waals surface area (Å²) in [6.45, 7) is 3.59. The lowest BCUT2D eigenvalue weighted by Gasteiger charge is -1.97. The minimum Gasteiger partial charge on any atom is -0.388 e. The first-order chi connectivity index (χ1) is 4.81. The molecule has 0 aromatic heterocycles. The Balaban J connectivity index is 3.48. The standard InChI is InChI=1S/C6H9N3O/c1-2-3-6(10)4-5-8-9-7/h3,6,10H,1,4-5H2. The van der Waals surface area contributed by atoms with Crippen LogP contribution >= 0.6 is 0 Å². The second-order valence-electron chi connectivity index (χ2n) is 1.68. The summed E-state index contributed by atoms with van der Waals surface area (Å²) in [5.74, 6) is 0. The van der Waals surface area contributed by atoms with E-state index in [0.29, 0.717) is 13.0 Å². The maximum atomic E-state index is 8.93. The molecule has 0 aliphatic rings. The molecule has 4 nitrogen and oxygen atoms in total. The van der Waals surface area contributed by atoms with Crippen molar-refractivity contribution in [3.05, 3.63) is 28.8 Å². The average Bonchev–Trinajstić information content (AvgIpc) is 1.89. The van der Waals surface area contributed by atoms with Crippen molar-refractivity contribution < 1.29 is 5.11 Å². The van der Waals surface area contributed by atoms with Crippen molar-refractivity contribution in [3.63, 3.8) is 0 Å². The van der Waals surface area contributed by atoms with Crippen LogP contribution < -0.4 is 0 Å². The first-order valence-electron chi connectivity index (χ1n) is 2.86. The Hall–Kier alpha value is -1.21. The van der Waals surface area contributed by atoms with Crippen LogP contribution in [0.3, 0.4) is 0 Å². The van der Waals surface area contributed by atoms with Crippen molar-refractivity contribution in [3.8, 4) is 0 Å². The number of hydrogen-bond donors (Lipinski definition) is 1. The molecule has 0 aliphatic carbocycles. The summed E-state index contributed by atoms with van der Waals surface area (Å²) in [6.07, 6.45) is 1.25. The molecule has 54 valence electrons. The minimum atomic E-state index is -0.594. The lowest BCUT2D eigenvalue weighted by Crippen LogP contribution is -2.02. The molecule has 0 rings (SSSR count). The van der Waals surface area contributed by atoms with E-state index < -0.39 is 6.10 Å². The van der Waals surface area contributed by atoms with Gasteiger partial charge >= 0.3 is 0 Å². The van der Waals surface area contributed by atoms with Crippen LogP contribution in [0.4, 0.5) is 0 Å². The van der Waals surface area contributed by atoms with Crippen LogP contribution in [0.1, 0.15) is 6.42 Å². The molecule has 0 aliphatic heterocycles. The van der Waals surface area contributed by atoms with Crippen LogP contribution in [0, 0.1) is 0 Å². The molecule has 0 fully saturated rings. The molecule has 0 saturated heterocycles. The fourth-order valence-electron chi connectivity index (χ4n) is 0.454. The molecule has 0 aromatic rings. The molecule has 0 heterocycles. The fraction of sp³-hybridized carbons (Fsp3) is 0.500. The van der Waals surface area contributed by atoms with Gasteiger partial charge < -0.3 is 5.11 Å². The second-order valence-corrected chi connectivity index (χ2v) is 1.68. The van der Waals surface area contributed by atoms with Crippen molar-refractivity contribution in [1.29, 1.82) is 0 Å². The maximum absolute atomic E-state index is 8.93. The number of hydrogen-bond acceptors (Lipinski definition) is 2. The first-order valence-corrected chi connectivity index (χ1v) is 2.86. The minimum absolute atomic E-state index is 0.301. The number of nitrogens with zero attached hydrogens (tertiary/aromatic N) is 3. The van der Waals surface area contributed by atoms with Crippen molar-refractivity contribution >= 4 is 0 Å². The zero-order valence-electron chi connectivity index (χ0n) is 5.56. The molecule has 4 heteroatoms. The Morgan fingerprint density at radius 2 is 2.60 bits per heavy atom. The van der Waals surface area contributed by atoms with Gasteiger partial charge in [-0.1, -0.05) is 11.7 Å². The van der Waals surface area contributed by atoms with Gasteiger partial charge in [0.15, 0.2) is 0 Å². The van der Waals surface area contributed by atoms with E-state index in [9.17, 15) is 0 Å². The molecule has 0 bridgehead atoms. The zero-order valence-corrected chi connectivity index (χ0v) is 5.56. The van der Waals surface area contributed by atoms with Crippen LogP contribution in [-0.4, -0.2) is 17.8 Å². The largest absolute Gasteiger partial charge is 0.388 e. The molecule has 1 atom stereocenters. The highest BCUT2D eigenvalue weighted by Crippen LogP contribution is 1.92. The smallest absolute Gasteiger partial charge is 0.0795 e. The van der Waals surface area contributed by atoms with Gasteiger partial charge in [-0.25, -0.2) is 0 Å². The molecular weight excluding hydrogens is 130 g/mol. The molecule has 0 spiro atoms. The molecule has 1 N–H and O–H groups in total. The van der Waals surface area contributed by atoms with E-state index in [2.05, 4.69) is 22.3 Å². The Morgan fingerprint density at radius 3 is 3.10 bits per heavy atom. The van der Waals surface area contributed by atoms with Gasteiger partial charge in [0, 0.05) is 11.5 Å². The molecule has 0 aromatic carbocycles. The van der Waals surface area contributed by atoms with E-state index in [-0.39, 0.29) is 0 Å². The predicted octanol–water partition coefficient (Wildman–Crippen LogP) is 1.39. The fourth-order valence-corrected chi connectivity index (χ4v) is 0.454. The number of aliphatic hydroxyl groups excluding tert-OH is 1. The van der Waals surface area contributed by atoms with Crippen molar-refractivity contribution in [2.24, 2.45) is 5.11 Å². The molecule has 0 amide bonds. The summed E-state index contributed by atoms with van der Waals surface area (Å²) < 4.78 is 0. The Kier molecular flexibility index (Phi) is 5.20. The highest BCUT2D eigenvalue weighted by molar-refractivity contribution is 4.84. The molecule has 10 heavy (non-hydrogen) atoms. The molecule has 0 radical (unpaired) electrons. The van der Waals surface area contributed by atoms with Gasteiger partial charge in [-0.05, 0) is 18.0 Å². The van der Waals surface area contributed by atoms with E-state index in [1.807, 2.05) is 0 Å². The summed E-state index contributed by atoms with van der Waals surface area (Å²) in [5, 5.41) is 12.2. The summed E-state index contributed by atoms with van der Waals surface area (Å²) in [6, 6.07) is 0. The molecular formula is C6H9N3O. The first kappa shape index (κ1) is 8.79. The van der Waals surface area contributed by atoms with Gasteiger partial charge in [-0.15, -0.1) is 5.73 Å². The van der Waals surface area contributed by atoms with E-state index in [0.717, 1.165) is 0 Å². The number of aliphatic hydroxyl groups is 1. The monoisotopic (exact) mass is 139 g/mol. The third-order valence-corrected chi connectivity index (χ3v) is 0.898. The third-order valence-electron chi connectivity index (χ3n) is 0.898. The lowest BCUT2D eigenvalue weighted by molar-refractivity contribution is 0.216. The second kappa shape index (κ2) is 5.92.